The van der Waals surface area contributed by atoms with Crippen molar-refractivity contribution in [1.82, 2.24) is 5.32 Å². The van der Waals surface area contributed by atoms with Gasteiger partial charge in [-0.05, 0) is 24.0 Å². The van der Waals surface area contributed by atoms with Gasteiger partial charge in [0.25, 0.3) is 5.91 Å². The Balaban J connectivity index is 2.59. The number of methoxy groups -OCH3 is 1. The number of benzene rings is 1. The molecular weight excluding hydrogens is 278 g/mol. The van der Waals surface area contributed by atoms with Gasteiger partial charge in [-0.3, -0.25) is 4.79 Å². The molecule has 1 unspecified atom stereocenters. The van der Waals surface area contributed by atoms with Gasteiger partial charge < -0.3 is 15.2 Å². The summed E-state index contributed by atoms with van der Waals surface area (Å²) in [5.41, 5.74) is 0.324. The average Bonchev–Trinajstić information content (AvgIpc) is 2.33. The standard InChI is InChI=1S/C15H22ClNO3/c1-15(2,3)8-10(16)9-17-14(19)12-6-5-11(20-4)7-13(12)18/h5-7,10,18H,8-9H2,1-4H3,(H,17,19). The number of phenolic OH excluding ortho intramolecular Hbond substituents is 1. The first-order valence-corrected chi connectivity index (χ1v) is 6.96. The second-order valence-electron chi connectivity index (χ2n) is 5.96. The van der Waals surface area contributed by atoms with E-state index in [9.17, 15) is 9.90 Å². The predicted octanol–water partition coefficient (Wildman–Crippen LogP) is 3.17. The first kappa shape index (κ1) is 16.6. The van der Waals surface area contributed by atoms with E-state index in [-0.39, 0.29) is 28.0 Å². The predicted molar refractivity (Wildman–Crippen MR) is 80.7 cm³/mol. The van der Waals surface area contributed by atoms with Crippen molar-refractivity contribution in [3.05, 3.63) is 23.8 Å². The number of alkyl halides is 1. The SMILES string of the molecule is COc1ccc(C(=O)NCC(Cl)CC(C)(C)C)c(O)c1. The molecule has 0 fully saturated rings. The monoisotopic (exact) mass is 299 g/mol. The molecule has 0 aliphatic rings. The lowest BCUT2D eigenvalue weighted by Crippen LogP contribution is -2.31. The number of nitrogens with one attached hydrogen (secondary N) is 1. The van der Waals surface area contributed by atoms with E-state index < -0.39 is 0 Å². The van der Waals surface area contributed by atoms with Crippen molar-refractivity contribution < 1.29 is 14.6 Å². The zero-order valence-electron chi connectivity index (χ0n) is 12.4. The van der Waals surface area contributed by atoms with Crippen molar-refractivity contribution in [2.45, 2.75) is 32.6 Å². The first-order chi connectivity index (χ1) is 9.23. The summed E-state index contributed by atoms with van der Waals surface area (Å²) in [6.07, 6.45) is 0.795. The molecule has 0 aromatic heterocycles. The van der Waals surface area contributed by atoms with Gasteiger partial charge in [-0.1, -0.05) is 20.8 Å². The van der Waals surface area contributed by atoms with Gasteiger partial charge in [0.1, 0.15) is 11.5 Å². The fraction of sp³-hybridized carbons (Fsp3) is 0.533. The molecule has 112 valence electrons. The number of halogens is 1. The molecular formula is C15H22ClNO3. The van der Waals surface area contributed by atoms with Gasteiger partial charge in [0.05, 0.1) is 18.1 Å². The molecule has 0 saturated carbocycles. The molecule has 1 atom stereocenters. The van der Waals surface area contributed by atoms with Crippen LogP contribution in [0.4, 0.5) is 0 Å². The number of ether oxygens (including phenoxy) is 1. The van der Waals surface area contributed by atoms with E-state index in [1.54, 1.807) is 6.07 Å². The van der Waals surface area contributed by atoms with Crippen molar-refractivity contribution in [2.24, 2.45) is 5.41 Å². The van der Waals surface area contributed by atoms with Gasteiger partial charge in [-0.15, -0.1) is 11.6 Å². The summed E-state index contributed by atoms with van der Waals surface area (Å²) in [4.78, 5) is 12.0. The van der Waals surface area contributed by atoms with E-state index in [1.165, 1.54) is 19.2 Å². The summed E-state index contributed by atoms with van der Waals surface area (Å²) in [7, 11) is 1.50. The summed E-state index contributed by atoms with van der Waals surface area (Å²) in [6.45, 7) is 6.65. The van der Waals surface area contributed by atoms with Crippen molar-refractivity contribution in [3.8, 4) is 11.5 Å². The number of phenols is 1. The van der Waals surface area contributed by atoms with Gasteiger partial charge in [0, 0.05) is 12.6 Å². The Hall–Kier alpha value is -1.42. The molecule has 0 radical (unpaired) electrons. The van der Waals surface area contributed by atoms with Crippen LogP contribution in [-0.4, -0.2) is 30.0 Å². The summed E-state index contributed by atoms with van der Waals surface area (Å²) < 4.78 is 4.97. The molecule has 0 bridgehead atoms. The molecule has 0 spiro atoms. The van der Waals surface area contributed by atoms with Crippen LogP contribution < -0.4 is 10.1 Å². The maximum atomic E-state index is 12.0. The summed E-state index contributed by atoms with van der Waals surface area (Å²) >= 11 is 6.19. The van der Waals surface area contributed by atoms with E-state index in [1.807, 2.05) is 0 Å². The fourth-order valence-corrected chi connectivity index (χ4v) is 2.41. The highest BCUT2D eigenvalue weighted by Gasteiger charge is 2.18. The normalized spacial score (nSPS) is 12.8. The Kier molecular flexibility index (Phi) is 5.69. The summed E-state index contributed by atoms with van der Waals surface area (Å²) in [5.74, 6) is 0.0514. The number of carbonyl (C=O) groups is 1. The third-order valence-corrected chi connectivity index (χ3v) is 3.08. The number of carbonyl (C=O) groups excluding carboxylic acids is 1. The summed E-state index contributed by atoms with van der Waals surface area (Å²) in [5, 5.41) is 12.4. The molecule has 0 saturated heterocycles. The maximum absolute atomic E-state index is 12.0. The molecule has 1 rings (SSSR count). The minimum absolute atomic E-state index is 0.108. The Labute approximate surface area is 125 Å². The van der Waals surface area contributed by atoms with E-state index in [0.29, 0.717) is 12.3 Å². The van der Waals surface area contributed by atoms with Crippen LogP contribution in [0.5, 0.6) is 11.5 Å². The van der Waals surface area contributed by atoms with Crippen LogP contribution in [0.3, 0.4) is 0 Å². The smallest absolute Gasteiger partial charge is 0.255 e. The molecule has 1 aromatic carbocycles. The second-order valence-corrected chi connectivity index (χ2v) is 6.57. The highest BCUT2D eigenvalue weighted by molar-refractivity contribution is 6.21. The third kappa shape index (κ3) is 5.29. The van der Waals surface area contributed by atoms with Crippen LogP contribution in [0, 0.1) is 5.41 Å². The highest BCUT2D eigenvalue weighted by Crippen LogP contribution is 2.24. The topological polar surface area (TPSA) is 58.6 Å². The molecule has 5 heteroatoms. The van der Waals surface area contributed by atoms with Gasteiger partial charge in [-0.2, -0.15) is 0 Å². The minimum Gasteiger partial charge on any atom is -0.507 e. The lowest BCUT2D eigenvalue weighted by molar-refractivity contribution is 0.0949. The Bertz CT molecular complexity index is 469. The van der Waals surface area contributed by atoms with E-state index in [4.69, 9.17) is 16.3 Å². The molecule has 2 N–H and O–H groups in total. The Morgan fingerprint density at radius 1 is 1.45 bits per heavy atom. The number of amides is 1. The number of hydrogen-bond acceptors (Lipinski definition) is 3. The van der Waals surface area contributed by atoms with Crippen molar-refractivity contribution in [3.63, 3.8) is 0 Å². The van der Waals surface area contributed by atoms with Gasteiger partial charge in [-0.25, -0.2) is 0 Å². The lowest BCUT2D eigenvalue weighted by Gasteiger charge is -2.22. The van der Waals surface area contributed by atoms with Crippen LogP contribution in [-0.2, 0) is 0 Å². The van der Waals surface area contributed by atoms with Crippen LogP contribution >= 0.6 is 11.6 Å². The zero-order chi connectivity index (χ0) is 15.3. The molecule has 20 heavy (non-hydrogen) atoms. The minimum atomic E-state index is -0.343. The summed E-state index contributed by atoms with van der Waals surface area (Å²) in [6, 6.07) is 4.56. The van der Waals surface area contributed by atoms with Crippen LogP contribution in [0.25, 0.3) is 0 Å². The number of hydrogen-bond donors (Lipinski definition) is 2. The van der Waals surface area contributed by atoms with Gasteiger partial charge in [0.15, 0.2) is 0 Å². The van der Waals surface area contributed by atoms with Crippen molar-refractivity contribution in [2.75, 3.05) is 13.7 Å². The first-order valence-electron chi connectivity index (χ1n) is 6.52. The lowest BCUT2D eigenvalue weighted by atomic mass is 9.90. The van der Waals surface area contributed by atoms with Crippen molar-refractivity contribution in [1.29, 1.82) is 0 Å². The quantitative estimate of drug-likeness (QED) is 0.821. The van der Waals surface area contributed by atoms with Crippen LogP contribution in [0.2, 0.25) is 0 Å². The second kappa shape index (κ2) is 6.84. The highest BCUT2D eigenvalue weighted by atomic mass is 35.5. The molecule has 0 aliphatic heterocycles. The molecule has 4 nitrogen and oxygen atoms in total. The van der Waals surface area contributed by atoms with Crippen LogP contribution in [0.15, 0.2) is 18.2 Å². The van der Waals surface area contributed by atoms with E-state index >= 15 is 0 Å². The fourth-order valence-electron chi connectivity index (χ4n) is 1.87. The molecule has 1 aromatic rings. The van der Waals surface area contributed by atoms with Crippen molar-refractivity contribution >= 4 is 17.5 Å². The average molecular weight is 300 g/mol. The van der Waals surface area contributed by atoms with E-state index in [2.05, 4.69) is 26.1 Å². The number of aromatic hydroxyl groups is 1. The zero-order valence-corrected chi connectivity index (χ0v) is 13.1. The van der Waals surface area contributed by atoms with Gasteiger partial charge in [0.2, 0.25) is 0 Å². The van der Waals surface area contributed by atoms with Crippen LogP contribution in [0.1, 0.15) is 37.6 Å². The Morgan fingerprint density at radius 3 is 2.60 bits per heavy atom. The Morgan fingerprint density at radius 2 is 2.10 bits per heavy atom. The third-order valence-electron chi connectivity index (χ3n) is 2.77. The number of rotatable bonds is 5. The molecule has 0 aliphatic carbocycles. The molecule has 0 heterocycles. The van der Waals surface area contributed by atoms with Gasteiger partial charge >= 0.3 is 0 Å². The van der Waals surface area contributed by atoms with E-state index in [0.717, 1.165) is 6.42 Å². The largest absolute Gasteiger partial charge is 0.507 e. The maximum Gasteiger partial charge on any atom is 0.255 e. The molecule has 1 amide bonds.